The number of carbonyl (C=O) groups is 2. The highest BCUT2D eigenvalue weighted by molar-refractivity contribution is 7.17. The van der Waals surface area contributed by atoms with Crippen LogP contribution in [0, 0.1) is 6.92 Å². The van der Waals surface area contributed by atoms with Crippen LogP contribution in [0.25, 0.3) is 11.1 Å². The Morgan fingerprint density at radius 3 is 2.35 bits per heavy atom. The van der Waals surface area contributed by atoms with E-state index in [0.29, 0.717) is 27.6 Å². The largest absolute Gasteiger partial charge is 0.454 e. The maximum atomic E-state index is 12.8. The highest BCUT2D eigenvalue weighted by Gasteiger charge is 2.24. The first-order chi connectivity index (χ1) is 14.6. The van der Waals surface area contributed by atoms with Crippen molar-refractivity contribution in [3.8, 4) is 22.6 Å². The summed E-state index contributed by atoms with van der Waals surface area (Å²) < 4.78 is 10.6. The van der Waals surface area contributed by atoms with Crippen LogP contribution in [0.3, 0.4) is 0 Å². The van der Waals surface area contributed by atoms with Gasteiger partial charge in [-0.3, -0.25) is 9.59 Å². The van der Waals surface area contributed by atoms with E-state index in [-0.39, 0.29) is 18.1 Å². The fraction of sp³-hybridized carbons (Fsp3) is 0.250. The van der Waals surface area contributed by atoms with Gasteiger partial charge in [-0.2, -0.15) is 0 Å². The summed E-state index contributed by atoms with van der Waals surface area (Å²) in [5.74, 6) is 0.184. The van der Waals surface area contributed by atoms with Gasteiger partial charge in [-0.25, -0.2) is 0 Å². The Morgan fingerprint density at radius 1 is 1.03 bits per heavy atom. The van der Waals surface area contributed by atoms with Crippen LogP contribution in [0.1, 0.15) is 51.9 Å². The van der Waals surface area contributed by atoms with E-state index >= 15 is 0 Å². The number of rotatable bonds is 4. The number of nitrogens with one attached hydrogen (secondary N) is 1. The Hall–Kier alpha value is -3.32. The molecule has 0 fully saturated rings. The lowest BCUT2D eigenvalue weighted by Gasteiger charge is -2.19. The number of hydrogen-bond donors (Lipinski definition) is 2. The van der Waals surface area contributed by atoms with Crippen molar-refractivity contribution in [3.63, 3.8) is 0 Å². The lowest BCUT2D eigenvalue weighted by Crippen LogP contribution is -2.17. The molecule has 160 valence electrons. The van der Waals surface area contributed by atoms with Gasteiger partial charge in [0.15, 0.2) is 11.5 Å². The second kappa shape index (κ2) is 7.74. The van der Waals surface area contributed by atoms with E-state index in [1.807, 2.05) is 19.1 Å². The molecular formula is C24H24N2O4S. The van der Waals surface area contributed by atoms with E-state index in [1.165, 1.54) is 16.9 Å². The number of aryl methyl sites for hydroxylation is 1. The molecule has 0 saturated carbocycles. The molecule has 2 amide bonds. The van der Waals surface area contributed by atoms with Crippen molar-refractivity contribution >= 4 is 28.2 Å². The summed E-state index contributed by atoms with van der Waals surface area (Å²) in [5.41, 5.74) is 9.32. The monoisotopic (exact) mass is 436 g/mol. The maximum Gasteiger partial charge on any atom is 0.256 e. The van der Waals surface area contributed by atoms with E-state index < -0.39 is 5.91 Å². The fourth-order valence-electron chi connectivity index (χ4n) is 3.57. The molecule has 0 bridgehead atoms. The van der Waals surface area contributed by atoms with Gasteiger partial charge in [-0.1, -0.05) is 45.0 Å². The van der Waals surface area contributed by atoms with Crippen molar-refractivity contribution in [2.24, 2.45) is 5.73 Å². The molecule has 0 unspecified atom stereocenters. The van der Waals surface area contributed by atoms with Crippen LogP contribution in [0.4, 0.5) is 5.00 Å². The molecule has 0 atom stereocenters. The first-order valence-electron chi connectivity index (χ1n) is 9.90. The average Bonchev–Trinajstić information content (AvgIpc) is 3.30. The molecule has 3 aromatic rings. The molecule has 31 heavy (non-hydrogen) atoms. The quantitative estimate of drug-likeness (QED) is 0.595. The smallest absolute Gasteiger partial charge is 0.256 e. The standard InChI is InChI=1S/C24H24N2O4S/c1-13-19(14-5-8-16(9-6-14)24(2,3)4)20(21(25)27)23(31-13)26-22(28)15-7-10-17-18(11-15)30-12-29-17/h5-11H,12H2,1-4H3,(H2,25,27)(H,26,28). The molecule has 7 heteroatoms. The average molecular weight is 437 g/mol. The van der Waals surface area contributed by atoms with Gasteiger partial charge in [0.25, 0.3) is 11.8 Å². The predicted molar refractivity (Wildman–Crippen MR) is 122 cm³/mol. The Labute approximate surface area is 185 Å². The minimum atomic E-state index is -0.583. The third kappa shape index (κ3) is 4.01. The van der Waals surface area contributed by atoms with Crippen molar-refractivity contribution in [3.05, 3.63) is 64.0 Å². The van der Waals surface area contributed by atoms with Crippen molar-refractivity contribution in [1.29, 1.82) is 0 Å². The van der Waals surface area contributed by atoms with E-state index in [4.69, 9.17) is 15.2 Å². The lowest BCUT2D eigenvalue weighted by molar-refractivity contribution is 0.100. The summed E-state index contributed by atoms with van der Waals surface area (Å²) in [6.45, 7) is 8.50. The molecule has 2 aromatic carbocycles. The molecule has 0 radical (unpaired) electrons. The van der Waals surface area contributed by atoms with Gasteiger partial charge >= 0.3 is 0 Å². The summed E-state index contributed by atoms with van der Waals surface area (Å²) in [6, 6.07) is 13.1. The Morgan fingerprint density at radius 2 is 1.71 bits per heavy atom. The number of ether oxygens (including phenoxy) is 2. The van der Waals surface area contributed by atoms with Gasteiger partial charge in [0.2, 0.25) is 6.79 Å². The van der Waals surface area contributed by atoms with Crippen LogP contribution in [0.15, 0.2) is 42.5 Å². The summed E-state index contributed by atoms with van der Waals surface area (Å²) in [4.78, 5) is 26.1. The van der Waals surface area contributed by atoms with Crippen LogP contribution < -0.4 is 20.5 Å². The minimum absolute atomic E-state index is 0.0263. The first-order valence-corrected chi connectivity index (χ1v) is 10.7. The van der Waals surface area contributed by atoms with Crippen LogP contribution in [0.2, 0.25) is 0 Å². The predicted octanol–water partition coefficient (Wildman–Crippen LogP) is 5.10. The first kappa shape index (κ1) is 20.9. The minimum Gasteiger partial charge on any atom is -0.454 e. The van der Waals surface area contributed by atoms with E-state index in [9.17, 15) is 9.59 Å². The number of amides is 2. The zero-order chi connectivity index (χ0) is 22.3. The second-order valence-corrected chi connectivity index (χ2v) is 9.68. The van der Waals surface area contributed by atoms with Gasteiger partial charge in [0.1, 0.15) is 5.00 Å². The highest BCUT2D eigenvalue weighted by Crippen LogP contribution is 2.41. The summed E-state index contributed by atoms with van der Waals surface area (Å²) in [7, 11) is 0. The topological polar surface area (TPSA) is 90.7 Å². The van der Waals surface area contributed by atoms with Gasteiger partial charge in [0, 0.05) is 16.0 Å². The normalized spacial score (nSPS) is 12.6. The number of primary amides is 1. The van der Waals surface area contributed by atoms with Crippen LogP contribution in [0.5, 0.6) is 11.5 Å². The van der Waals surface area contributed by atoms with Gasteiger partial charge in [0.05, 0.1) is 5.56 Å². The van der Waals surface area contributed by atoms with Crippen LogP contribution in [-0.2, 0) is 5.41 Å². The SMILES string of the molecule is Cc1sc(NC(=O)c2ccc3c(c2)OCO3)c(C(N)=O)c1-c1ccc(C(C)(C)C)cc1. The van der Waals surface area contributed by atoms with Gasteiger partial charge in [-0.05, 0) is 41.7 Å². The van der Waals surface area contributed by atoms with Crippen LogP contribution >= 0.6 is 11.3 Å². The number of thiophene rings is 1. The zero-order valence-corrected chi connectivity index (χ0v) is 18.7. The number of benzene rings is 2. The number of hydrogen-bond acceptors (Lipinski definition) is 5. The van der Waals surface area contributed by atoms with Gasteiger partial charge in [-0.15, -0.1) is 11.3 Å². The molecule has 1 aliphatic rings. The fourth-order valence-corrected chi connectivity index (χ4v) is 4.64. The molecular weight excluding hydrogens is 412 g/mol. The van der Waals surface area contributed by atoms with Crippen LogP contribution in [-0.4, -0.2) is 18.6 Å². The molecule has 2 heterocycles. The Bertz CT molecular complexity index is 1170. The summed E-state index contributed by atoms with van der Waals surface area (Å²) in [5, 5.41) is 3.28. The highest BCUT2D eigenvalue weighted by atomic mass is 32.1. The Kier molecular flexibility index (Phi) is 5.23. The summed E-state index contributed by atoms with van der Waals surface area (Å²) >= 11 is 1.33. The molecule has 3 N–H and O–H groups in total. The molecule has 4 rings (SSSR count). The molecule has 0 saturated heterocycles. The summed E-state index contributed by atoms with van der Waals surface area (Å²) in [6.07, 6.45) is 0. The van der Waals surface area contributed by atoms with E-state index in [0.717, 1.165) is 16.0 Å². The molecule has 1 aliphatic heterocycles. The molecule has 1 aromatic heterocycles. The van der Waals surface area contributed by atoms with Crippen molar-refractivity contribution in [2.45, 2.75) is 33.1 Å². The number of fused-ring (bicyclic) bond motifs is 1. The molecule has 0 spiro atoms. The van der Waals surface area contributed by atoms with E-state index in [2.05, 4.69) is 38.2 Å². The van der Waals surface area contributed by atoms with Gasteiger partial charge < -0.3 is 20.5 Å². The van der Waals surface area contributed by atoms with E-state index in [1.54, 1.807) is 18.2 Å². The Balaban J connectivity index is 1.68. The van der Waals surface area contributed by atoms with Crippen molar-refractivity contribution < 1.29 is 19.1 Å². The number of anilines is 1. The zero-order valence-electron chi connectivity index (χ0n) is 17.9. The lowest BCUT2D eigenvalue weighted by atomic mass is 9.86. The third-order valence-electron chi connectivity index (χ3n) is 5.23. The van der Waals surface area contributed by atoms with Crippen molar-refractivity contribution in [2.75, 3.05) is 12.1 Å². The molecule has 0 aliphatic carbocycles. The number of carbonyl (C=O) groups excluding carboxylic acids is 2. The second-order valence-electron chi connectivity index (χ2n) is 8.45. The molecule has 6 nitrogen and oxygen atoms in total. The third-order valence-corrected chi connectivity index (χ3v) is 6.25. The maximum absolute atomic E-state index is 12.8. The van der Waals surface area contributed by atoms with Crippen molar-refractivity contribution in [1.82, 2.24) is 0 Å². The number of nitrogens with two attached hydrogens (primary N) is 1.